The monoisotopic (exact) mass is 355 g/mol. The fourth-order valence-corrected chi connectivity index (χ4v) is 3.45. The predicted octanol–water partition coefficient (Wildman–Crippen LogP) is 3.80. The molecular weight excluding hydrogens is 341 g/mol. The zero-order valence-electron chi connectivity index (χ0n) is 13.2. The number of anilines is 1. The molecule has 3 rings (SSSR count). The summed E-state index contributed by atoms with van der Waals surface area (Å²) >= 11 is 0. The van der Waals surface area contributed by atoms with Gasteiger partial charge in [0.05, 0.1) is 17.3 Å². The van der Waals surface area contributed by atoms with Crippen LogP contribution in [-0.2, 0) is 10.0 Å². The molecule has 5 nitrogen and oxygen atoms in total. The van der Waals surface area contributed by atoms with E-state index < -0.39 is 15.8 Å². The van der Waals surface area contributed by atoms with Crippen molar-refractivity contribution in [3.8, 4) is 17.3 Å². The van der Waals surface area contributed by atoms with E-state index in [0.29, 0.717) is 11.3 Å². The van der Waals surface area contributed by atoms with Crippen LogP contribution in [0.4, 0.5) is 10.1 Å². The molecule has 0 radical (unpaired) electrons. The van der Waals surface area contributed by atoms with Crippen LogP contribution in [0.5, 0.6) is 0 Å². The van der Waals surface area contributed by atoms with Crippen molar-refractivity contribution in [1.82, 2.24) is 4.98 Å². The molecule has 0 aliphatic heterocycles. The molecule has 0 amide bonds. The smallest absolute Gasteiger partial charge is 0.263 e. The van der Waals surface area contributed by atoms with E-state index >= 15 is 0 Å². The predicted molar refractivity (Wildman–Crippen MR) is 92.9 cm³/mol. The number of H-pyrrole nitrogens is 1. The number of aryl methyl sites for hydroxylation is 1. The first-order valence-electron chi connectivity index (χ1n) is 7.37. The van der Waals surface area contributed by atoms with E-state index in [4.69, 9.17) is 5.26 Å². The Hall–Kier alpha value is -3.11. The molecule has 0 saturated heterocycles. The number of rotatable bonds is 4. The van der Waals surface area contributed by atoms with Gasteiger partial charge in [0.2, 0.25) is 0 Å². The summed E-state index contributed by atoms with van der Waals surface area (Å²) in [5, 5.41) is 8.90. The highest BCUT2D eigenvalue weighted by Crippen LogP contribution is 2.25. The molecule has 0 unspecified atom stereocenters. The molecule has 3 aromatic rings. The third-order valence-corrected chi connectivity index (χ3v) is 5.08. The summed E-state index contributed by atoms with van der Waals surface area (Å²) in [4.78, 5) is 2.90. The summed E-state index contributed by atoms with van der Waals surface area (Å²) in [6.07, 6.45) is 1.35. The SMILES string of the molecule is Cc1cc(NS(=O)(=O)c2c[nH]c(-c3ccccc3)c2)c(F)cc1C#N. The number of halogens is 1. The number of benzene rings is 2. The zero-order chi connectivity index (χ0) is 18.0. The minimum absolute atomic E-state index is 0.00670. The Bertz CT molecular complexity index is 1070. The van der Waals surface area contributed by atoms with E-state index in [-0.39, 0.29) is 16.1 Å². The maximum atomic E-state index is 14.0. The highest BCUT2D eigenvalue weighted by Gasteiger charge is 2.19. The minimum atomic E-state index is -3.96. The summed E-state index contributed by atoms with van der Waals surface area (Å²) in [6, 6.07) is 14.9. The molecule has 0 saturated carbocycles. The number of nitriles is 1. The van der Waals surface area contributed by atoms with Crippen LogP contribution in [0.2, 0.25) is 0 Å². The average molecular weight is 355 g/mol. The third-order valence-electron chi connectivity index (χ3n) is 3.73. The number of nitrogens with one attached hydrogen (secondary N) is 2. The first-order valence-corrected chi connectivity index (χ1v) is 8.86. The number of sulfonamides is 1. The lowest BCUT2D eigenvalue weighted by molar-refractivity contribution is 0.598. The second-order valence-corrected chi connectivity index (χ2v) is 7.16. The Balaban J connectivity index is 1.92. The first-order chi connectivity index (χ1) is 11.9. The van der Waals surface area contributed by atoms with Gasteiger partial charge in [-0.15, -0.1) is 0 Å². The Morgan fingerprint density at radius 2 is 1.88 bits per heavy atom. The molecule has 2 N–H and O–H groups in total. The molecule has 0 fully saturated rings. The summed E-state index contributed by atoms with van der Waals surface area (Å²) in [5.74, 6) is -0.801. The van der Waals surface area contributed by atoms with Gasteiger partial charge in [-0.2, -0.15) is 5.26 Å². The third kappa shape index (κ3) is 3.39. The van der Waals surface area contributed by atoms with Gasteiger partial charge in [0.25, 0.3) is 10.0 Å². The number of hydrogen-bond acceptors (Lipinski definition) is 3. The second-order valence-electron chi connectivity index (χ2n) is 5.48. The first kappa shape index (κ1) is 16.7. The molecule has 126 valence electrons. The van der Waals surface area contributed by atoms with Gasteiger partial charge in [0, 0.05) is 11.9 Å². The summed E-state index contributed by atoms with van der Waals surface area (Å²) in [6.45, 7) is 1.61. The van der Waals surface area contributed by atoms with Crippen molar-refractivity contribution in [2.24, 2.45) is 0 Å². The summed E-state index contributed by atoms with van der Waals surface area (Å²) in [7, 11) is -3.96. The van der Waals surface area contributed by atoms with Crippen LogP contribution >= 0.6 is 0 Å². The van der Waals surface area contributed by atoms with Crippen LogP contribution in [0.15, 0.2) is 59.6 Å². The maximum Gasteiger partial charge on any atom is 0.263 e. The van der Waals surface area contributed by atoms with Crippen molar-refractivity contribution in [3.05, 3.63) is 71.7 Å². The average Bonchev–Trinajstić information content (AvgIpc) is 3.09. The van der Waals surface area contributed by atoms with Crippen LogP contribution < -0.4 is 4.72 Å². The van der Waals surface area contributed by atoms with E-state index in [9.17, 15) is 12.8 Å². The van der Waals surface area contributed by atoms with Crippen molar-refractivity contribution in [1.29, 1.82) is 5.26 Å². The molecule has 0 aliphatic rings. The highest BCUT2D eigenvalue weighted by molar-refractivity contribution is 7.92. The molecule has 7 heteroatoms. The standard InChI is InChI=1S/C18H14FN3O2S/c1-12-7-18(16(19)8-14(12)10-20)22-25(23,24)15-9-17(21-11-15)13-5-3-2-4-6-13/h2-9,11,21-22H,1H3. The molecule has 0 spiro atoms. The molecule has 2 aromatic carbocycles. The molecular formula is C18H14FN3O2S. The van der Waals surface area contributed by atoms with E-state index in [1.807, 2.05) is 36.4 Å². The molecule has 1 aromatic heterocycles. The van der Waals surface area contributed by atoms with Gasteiger partial charge in [0.1, 0.15) is 10.7 Å². The molecule has 0 aliphatic carbocycles. The van der Waals surface area contributed by atoms with Crippen molar-refractivity contribution in [2.75, 3.05) is 4.72 Å². The zero-order valence-corrected chi connectivity index (χ0v) is 14.1. The van der Waals surface area contributed by atoms with Crippen molar-refractivity contribution < 1.29 is 12.8 Å². The minimum Gasteiger partial charge on any atom is -0.360 e. The number of hydrogen-bond donors (Lipinski definition) is 2. The van der Waals surface area contributed by atoms with Crippen LogP contribution in [0.3, 0.4) is 0 Å². The van der Waals surface area contributed by atoms with E-state index in [1.165, 1.54) is 18.3 Å². The lowest BCUT2D eigenvalue weighted by Gasteiger charge is -2.09. The Morgan fingerprint density at radius 3 is 2.56 bits per heavy atom. The lowest BCUT2D eigenvalue weighted by atomic mass is 10.1. The molecule has 25 heavy (non-hydrogen) atoms. The quantitative estimate of drug-likeness (QED) is 0.746. The van der Waals surface area contributed by atoms with Crippen LogP contribution in [-0.4, -0.2) is 13.4 Å². The van der Waals surface area contributed by atoms with Gasteiger partial charge in [-0.1, -0.05) is 30.3 Å². The second kappa shape index (κ2) is 6.42. The number of nitrogens with zero attached hydrogens (tertiary/aromatic N) is 1. The number of aromatic nitrogens is 1. The van der Waals surface area contributed by atoms with Crippen LogP contribution in [0, 0.1) is 24.1 Å². The number of aromatic amines is 1. The van der Waals surface area contributed by atoms with Gasteiger partial charge in [-0.25, -0.2) is 12.8 Å². The topological polar surface area (TPSA) is 85.8 Å². The summed E-state index contributed by atoms with van der Waals surface area (Å²) in [5.41, 5.74) is 1.93. The largest absolute Gasteiger partial charge is 0.360 e. The fraction of sp³-hybridized carbons (Fsp3) is 0.0556. The van der Waals surface area contributed by atoms with Gasteiger partial charge in [-0.05, 0) is 36.2 Å². The normalized spacial score (nSPS) is 11.1. The Kier molecular flexibility index (Phi) is 4.30. The lowest BCUT2D eigenvalue weighted by Crippen LogP contribution is -2.13. The van der Waals surface area contributed by atoms with Gasteiger partial charge < -0.3 is 4.98 Å². The van der Waals surface area contributed by atoms with Crippen molar-refractivity contribution in [3.63, 3.8) is 0 Å². The van der Waals surface area contributed by atoms with E-state index in [1.54, 1.807) is 6.92 Å². The van der Waals surface area contributed by atoms with Crippen LogP contribution in [0.25, 0.3) is 11.3 Å². The molecule has 1 heterocycles. The summed E-state index contributed by atoms with van der Waals surface area (Å²) < 4.78 is 41.3. The maximum absolute atomic E-state index is 14.0. The van der Waals surface area contributed by atoms with Gasteiger partial charge >= 0.3 is 0 Å². The Morgan fingerprint density at radius 1 is 1.16 bits per heavy atom. The van der Waals surface area contributed by atoms with Crippen LogP contribution in [0.1, 0.15) is 11.1 Å². The Labute approximate surface area is 144 Å². The van der Waals surface area contributed by atoms with E-state index in [2.05, 4.69) is 9.71 Å². The molecule has 0 atom stereocenters. The fourth-order valence-electron chi connectivity index (χ4n) is 2.40. The van der Waals surface area contributed by atoms with Crippen molar-refractivity contribution >= 4 is 15.7 Å². The van der Waals surface area contributed by atoms with Gasteiger partial charge in [0.15, 0.2) is 0 Å². The highest BCUT2D eigenvalue weighted by atomic mass is 32.2. The molecule has 0 bridgehead atoms. The van der Waals surface area contributed by atoms with Crippen molar-refractivity contribution in [2.45, 2.75) is 11.8 Å². The van der Waals surface area contributed by atoms with Gasteiger partial charge in [-0.3, -0.25) is 4.72 Å². The van der Waals surface area contributed by atoms with E-state index in [0.717, 1.165) is 11.6 Å².